The normalized spacial score (nSPS) is 18.9. The number of amidine groups is 1. The zero-order valence-corrected chi connectivity index (χ0v) is 10.6. The molecule has 3 nitrogen and oxygen atoms in total. The van der Waals surface area contributed by atoms with Crippen molar-refractivity contribution in [3.63, 3.8) is 0 Å². The first-order valence-electron chi connectivity index (χ1n) is 5.96. The lowest BCUT2D eigenvalue weighted by Gasteiger charge is -2.20. The summed E-state index contributed by atoms with van der Waals surface area (Å²) in [6.45, 7) is 2.66. The van der Waals surface area contributed by atoms with E-state index in [0.29, 0.717) is 12.5 Å². The van der Waals surface area contributed by atoms with Gasteiger partial charge in [-0.15, -0.1) is 11.3 Å². The van der Waals surface area contributed by atoms with E-state index in [-0.39, 0.29) is 0 Å². The topological polar surface area (TPSA) is 51.3 Å². The predicted molar refractivity (Wildman–Crippen MR) is 68.8 cm³/mol. The van der Waals surface area contributed by atoms with Gasteiger partial charge in [0.05, 0.1) is 23.1 Å². The third kappa shape index (κ3) is 3.04. The van der Waals surface area contributed by atoms with E-state index in [0.717, 1.165) is 16.5 Å². The molecule has 16 heavy (non-hydrogen) atoms. The minimum Gasteiger partial charge on any atom is -0.387 e. The lowest BCUT2D eigenvalue weighted by atomic mass is 9.88. The molecule has 1 saturated carbocycles. The summed E-state index contributed by atoms with van der Waals surface area (Å²) >= 11 is 1.67. The van der Waals surface area contributed by atoms with Crippen molar-refractivity contribution in [2.24, 2.45) is 16.6 Å². The average molecular weight is 237 g/mol. The summed E-state index contributed by atoms with van der Waals surface area (Å²) in [5.74, 6) is 1.36. The highest BCUT2D eigenvalue weighted by Gasteiger charge is 2.16. The van der Waals surface area contributed by atoms with Crippen LogP contribution in [0.4, 0.5) is 0 Å². The standard InChI is InChI=1S/C12H19N3S/c1-9-15-11(8-16-9)7-14-12(13)10-5-3-2-4-6-10/h8,10H,2-7H2,1H3,(H2,13,14). The van der Waals surface area contributed by atoms with Gasteiger partial charge < -0.3 is 5.73 Å². The summed E-state index contributed by atoms with van der Waals surface area (Å²) in [4.78, 5) is 8.85. The van der Waals surface area contributed by atoms with Gasteiger partial charge in [0.25, 0.3) is 0 Å². The van der Waals surface area contributed by atoms with Crippen LogP contribution in [0.3, 0.4) is 0 Å². The molecule has 1 fully saturated rings. The summed E-state index contributed by atoms with van der Waals surface area (Å²) in [6.07, 6.45) is 6.39. The maximum absolute atomic E-state index is 6.03. The number of nitrogens with zero attached hydrogens (tertiary/aromatic N) is 2. The van der Waals surface area contributed by atoms with Crippen molar-refractivity contribution in [2.45, 2.75) is 45.6 Å². The summed E-state index contributed by atoms with van der Waals surface area (Å²) in [6, 6.07) is 0. The van der Waals surface area contributed by atoms with Gasteiger partial charge in [0.15, 0.2) is 0 Å². The van der Waals surface area contributed by atoms with Crippen LogP contribution in [0.15, 0.2) is 10.4 Å². The molecule has 1 aliphatic rings. The van der Waals surface area contributed by atoms with E-state index in [1.54, 1.807) is 11.3 Å². The smallest absolute Gasteiger partial charge is 0.0973 e. The van der Waals surface area contributed by atoms with Gasteiger partial charge in [-0.05, 0) is 19.8 Å². The van der Waals surface area contributed by atoms with Gasteiger partial charge in [0, 0.05) is 11.3 Å². The maximum Gasteiger partial charge on any atom is 0.0973 e. The van der Waals surface area contributed by atoms with Crippen molar-refractivity contribution in [1.29, 1.82) is 0 Å². The molecule has 2 rings (SSSR count). The zero-order valence-electron chi connectivity index (χ0n) is 9.78. The van der Waals surface area contributed by atoms with E-state index < -0.39 is 0 Å². The van der Waals surface area contributed by atoms with Gasteiger partial charge in [-0.25, -0.2) is 4.98 Å². The molecule has 1 heterocycles. The van der Waals surface area contributed by atoms with E-state index >= 15 is 0 Å². The largest absolute Gasteiger partial charge is 0.387 e. The molecule has 0 saturated heterocycles. The Kier molecular flexibility index (Phi) is 3.93. The quantitative estimate of drug-likeness (QED) is 0.649. The Morgan fingerprint density at radius 3 is 2.88 bits per heavy atom. The van der Waals surface area contributed by atoms with Crippen LogP contribution in [0.1, 0.15) is 42.8 Å². The molecule has 0 spiro atoms. The van der Waals surface area contributed by atoms with Gasteiger partial charge in [0.1, 0.15) is 0 Å². The van der Waals surface area contributed by atoms with Crippen LogP contribution in [-0.2, 0) is 6.54 Å². The molecule has 1 aromatic rings. The number of hydrogen-bond donors (Lipinski definition) is 1. The Balaban J connectivity index is 1.90. The van der Waals surface area contributed by atoms with Gasteiger partial charge in [0.2, 0.25) is 0 Å². The van der Waals surface area contributed by atoms with Crippen LogP contribution in [0.2, 0.25) is 0 Å². The fourth-order valence-corrected chi connectivity index (χ4v) is 2.78. The molecule has 88 valence electrons. The fourth-order valence-electron chi connectivity index (χ4n) is 2.18. The van der Waals surface area contributed by atoms with Crippen molar-refractivity contribution in [2.75, 3.05) is 0 Å². The Labute approximate surface area is 101 Å². The van der Waals surface area contributed by atoms with Crippen molar-refractivity contribution in [1.82, 2.24) is 4.98 Å². The number of aromatic nitrogens is 1. The van der Waals surface area contributed by atoms with E-state index in [9.17, 15) is 0 Å². The lowest BCUT2D eigenvalue weighted by Crippen LogP contribution is -2.25. The van der Waals surface area contributed by atoms with E-state index in [4.69, 9.17) is 5.73 Å². The van der Waals surface area contributed by atoms with Crippen molar-refractivity contribution in [3.05, 3.63) is 16.1 Å². The van der Waals surface area contributed by atoms with Crippen molar-refractivity contribution in [3.8, 4) is 0 Å². The van der Waals surface area contributed by atoms with Crippen molar-refractivity contribution >= 4 is 17.2 Å². The van der Waals surface area contributed by atoms with Gasteiger partial charge >= 0.3 is 0 Å². The van der Waals surface area contributed by atoms with Crippen molar-refractivity contribution < 1.29 is 0 Å². The highest BCUT2D eigenvalue weighted by molar-refractivity contribution is 7.09. The third-order valence-corrected chi connectivity index (χ3v) is 3.94. The predicted octanol–water partition coefficient (Wildman–Crippen LogP) is 2.89. The Morgan fingerprint density at radius 2 is 2.25 bits per heavy atom. The number of hydrogen-bond acceptors (Lipinski definition) is 3. The molecule has 0 bridgehead atoms. The molecule has 0 radical (unpaired) electrons. The summed E-state index contributed by atoms with van der Waals surface area (Å²) < 4.78 is 0. The monoisotopic (exact) mass is 237 g/mol. The second-order valence-electron chi connectivity index (χ2n) is 4.43. The maximum atomic E-state index is 6.03. The van der Waals surface area contributed by atoms with Crippen LogP contribution in [0.25, 0.3) is 0 Å². The first-order chi connectivity index (χ1) is 7.75. The molecular weight excluding hydrogens is 218 g/mol. The molecule has 2 N–H and O–H groups in total. The molecule has 0 aliphatic heterocycles. The molecule has 1 aromatic heterocycles. The average Bonchev–Trinajstić information content (AvgIpc) is 2.73. The second-order valence-corrected chi connectivity index (χ2v) is 5.50. The van der Waals surface area contributed by atoms with Crippen LogP contribution in [0.5, 0.6) is 0 Å². The number of thiazole rings is 1. The first-order valence-corrected chi connectivity index (χ1v) is 6.84. The third-order valence-electron chi connectivity index (χ3n) is 3.11. The number of nitrogens with two attached hydrogens (primary N) is 1. The molecule has 4 heteroatoms. The van der Waals surface area contributed by atoms with Gasteiger partial charge in [-0.3, -0.25) is 4.99 Å². The number of aliphatic imine (C=N–C) groups is 1. The van der Waals surface area contributed by atoms with Crippen LogP contribution in [-0.4, -0.2) is 10.8 Å². The van der Waals surface area contributed by atoms with Gasteiger partial charge in [-0.2, -0.15) is 0 Å². The van der Waals surface area contributed by atoms with E-state index in [1.165, 1.54) is 32.1 Å². The minimum atomic E-state index is 0.522. The van der Waals surface area contributed by atoms with E-state index in [1.807, 2.05) is 6.92 Å². The lowest BCUT2D eigenvalue weighted by molar-refractivity contribution is 0.436. The summed E-state index contributed by atoms with van der Waals surface area (Å²) in [5, 5.41) is 3.16. The Hall–Kier alpha value is -0.900. The zero-order chi connectivity index (χ0) is 11.4. The molecule has 0 unspecified atom stereocenters. The number of rotatable bonds is 3. The molecular formula is C12H19N3S. The van der Waals surface area contributed by atoms with Crippen LogP contribution in [0, 0.1) is 12.8 Å². The molecule has 1 aliphatic carbocycles. The number of aryl methyl sites for hydroxylation is 1. The second kappa shape index (κ2) is 5.43. The summed E-state index contributed by atoms with van der Waals surface area (Å²) in [7, 11) is 0. The highest BCUT2D eigenvalue weighted by Crippen LogP contribution is 2.23. The highest BCUT2D eigenvalue weighted by atomic mass is 32.1. The van der Waals surface area contributed by atoms with Gasteiger partial charge in [-0.1, -0.05) is 19.3 Å². The minimum absolute atomic E-state index is 0.522. The SMILES string of the molecule is Cc1nc(CN=C(N)C2CCCCC2)cs1. The molecule has 0 atom stereocenters. The van der Waals surface area contributed by atoms with Crippen LogP contribution >= 0.6 is 11.3 Å². The Morgan fingerprint density at radius 1 is 1.50 bits per heavy atom. The van der Waals surface area contributed by atoms with E-state index in [2.05, 4.69) is 15.4 Å². The summed E-state index contributed by atoms with van der Waals surface area (Å²) in [5.41, 5.74) is 7.07. The first kappa shape index (κ1) is 11.6. The van der Waals surface area contributed by atoms with Crippen LogP contribution < -0.4 is 5.73 Å². The molecule has 0 aromatic carbocycles. The fraction of sp³-hybridized carbons (Fsp3) is 0.667. The molecule has 0 amide bonds. The Bertz CT molecular complexity index is 364.